The molecule has 0 fully saturated rings. The highest BCUT2D eigenvalue weighted by molar-refractivity contribution is 5.89. The van der Waals surface area contributed by atoms with E-state index in [2.05, 4.69) is 10.6 Å². The Morgan fingerprint density at radius 2 is 1.96 bits per heavy atom. The number of furan rings is 1. The van der Waals surface area contributed by atoms with E-state index in [1.807, 2.05) is 61.5 Å². The van der Waals surface area contributed by atoms with Crippen LogP contribution in [0.2, 0.25) is 0 Å². The fourth-order valence-corrected chi connectivity index (χ4v) is 2.72. The fraction of sp³-hybridized carbons (Fsp3) is 0.286. The fourth-order valence-electron chi connectivity index (χ4n) is 2.72. The van der Waals surface area contributed by atoms with Crippen molar-refractivity contribution >= 4 is 22.7 Å². The van der Waals surface area contributed by atoms with Gasteiger partial charge in [0.05, 0.1) is 25.9 Å². The summed E-state index contributed by atoms with van der Waals surface area (Å²) in [7, 11) is 1.64. The van der Waals surface area contributed by atoms with Crippen LogP contribution in [0.15, 0.2) is 59.0 Å². The van der Waals surface area contributed by atoms with Gasteiger partial charge in [0.25, 0.3) is 0 Å². The second-order valence-electron chi connectivity index (χ2n) is 6.25. The molecule has 1 heterocycles. The summed E-state index contributed by atoms with van der Waals surface area (Å²) in [4.78, 5) is 12.3. The summed E-state index contributed by atoms with van der Waals surface area (Å²) < 4.78 is 16.3. The molecule has 142 valence electrons. The first-order chi connectivity index (χ1) is 13.2. The highest BCUT2D eigenvalue weighted by Gasteiger charge is 2.14. The SMILES string of the molecule is COCCOCc1cccc(NC(=O)NC(C)c2cc3ccccc3o2)c1. The lowest BCUT2D eigenvalue weighted by atomic mass is 10.2. The van der Waals surface area contributed by atoms with E-state index in [0.29, 0.717) is 31.3 Å². The quantitative estimate of drug-likeness (QED) is 0.575. The minimum Gasteiger partial charge on any atom is -0.459 e. The average Bonchev–Trinajstić information content (AvgIpc) is 3.10. The molecule has 0 bridgehead atoms. The molecular formula is C21H24N2O4. The predicted octanol–water partition coefficient (Wildman–Crippen LogP) is 4.48. The summed E-state index contributed by atoms with van der Waals surface area (Å²) in [6.07, 6.45) is 0. The number of hydrogen-bond donors (Lipinski definition) is 2. The second kappa shape index (κ2) is 9.21. The Hall–Kier alpha value is -2.83. The van der Waals surface area contributed by atoms with Crippen molar-refractivity contribution in [1.82, 2.24) is 5.32 Å². The molecule has 0 spiro atoms. The second-order valence-corrected chi connectivity index (χ2v) is 6.25. The van der Waals surface area contributed by atoms with E-state index in [4.69, 9.17) is 13.9 Å². The summed E-state index contributed by atoms with van der Waals surface area (Å²) in [6.45, 7) is 3.44. The Bertz CT molecular complexity index is 858. The normalized spacial score (nSPS) is 12.1. The molecule has 2 aromatic carbocycles. The molecule has 0 aliphatic heterocycles. The zero-order valence-corrected chi connectivity index (χ0v) is 15.5. The van der Waals surface area contributed by atoms with Gasteiger partial charge in [-0.25, -0.2) is 4.79 Å². The summed E-state index contributed by atoms with van der Waals surface area (Å²) in [5, 5.41) is 6.76. The number of anilines is 1. The third-order valence-corrected chi connectivity index (χ3v) is 4.10. The number of ether oxygens (including phenoxy) is 2. The van der Waals surface area contributed by atoms with Crippen molar-refractivity contribution in [3.05, 3.63) is 65.9 Å². The van der Waals surface area contributed by atoms with Gasteiger partial charge in [-0.1, -0.05) is 30.3 Å². The van der Waals surface area contributed by atoms with Gasteiger partial charge in [-0.15, -0.1) is 0 Å². The van der Waals surface area contributed by atoms with Gasteiger partial charge in [0.2, 0.25) is 0 Å². The molecule has 1 unspecified atom stereocenters. The van der Waals surface area contributed by atoms with E-state index in [1.165, 1.54) is 0 Å². The number of hydrogen-bond acceptors (Lipinski definition) is 4. The molecule has 6 nitrogen and oxygen atoms in total. The lowest BCUT2D eigenvalue weighted by Gasteiger charge is -2.13. The lowest BCUT2D eigenvalue weighted by molar-refractivity contribution is 0.0617. The van der Waals surface area contributed by atoms with Crippen molar-refractivity contribution in [3.8, 4) is 0 Å². The van der Waals surface area contributed by atoms with Crippen molar-refractivity contribution < 1.29 is 18.7 Å². The molecule has 0 saturated carbocycles. The number of amides is 2. The van der Waals surface area contributed by atoms with Crippen LogP contribution in [0.25, 0.3) is 11.0 Å². The topological polar surface area (TPSA) is 72.7 Å². The van der Waals surface area contributed by atoms with Crippen LogP contribution < -0.4 is 10.6 Å². The summed E-state index contributed by atoms with van der Waals surface area (Å²) in [5.41, 5.74) is 2.49. The van der Waals surface area contributed by atoms with Crippen LogP contribution in [0.1, 0.15) is 24.3 Å². The number of fused-ring (bicyclic) bond motifs is 1. The van der Waals surface area contributed by atoms with Crippen LogP contribution in [-0.2, 0) is 16.1 Å². The average molecular weight is 368 g/mol. The van der Waals surface area contributed by atoms with Gasteiger partial charge < -0.3 is 24.5 Å². The summed E-state index contributed by atoms with van der Waals surface area (Å²) in [6, 6.07) is 16.7. The monoisotopic (exact) mass is 368 g/mol. The molecule has 1 atom stereocenters. The van der Waals surface area contributed by atoms with E-state index in [0.717, 1.165) is 16.5 Å². The molecule has 0 saturated heterocycles. The van der Waals surface area contributed by atoms with E-state index in [-0.39, 0.29) is 12.1 Å². The highest BCUT2D eigenvalue weighted by atomic mass is 16.5. The van der Waals surface area contributed by atoms with E-state index in [1.54, 1.807) is 7.11 Å². The largest absolute Gasteiger partial charge is 0.459 e. The summed E-state index contributed by atoms with van der Waals surface area (Å²) in [5.74, 6) is 0.714. The number of nitrogens with one attached hydrogen (secondary N) is 2. The van der Waals surface area contributed by atoms with Crippen LogP contribution in [0.5, 0.6) is 0 Å². The lowest BCUT2D eigenvalue weighted by Crippen LogP contribution is -2.31. The van der Waals surface area contributed by atoms with Crippen LogP contribution in [-0.4, -0.2) is 26.4 Å². The van der Waals surface area contributed by atoms with E-state index >= 15 is 0 Å². The van der Waals surface area contributed by atoms with Crippen molar-refractivity contribution in [3.63, 3.8) is 0 Å². The number of para-hydroxylation sites is 1. The first-order valence-electron chi connectivity index (χ1n) is 8.87. The van der Waals surface area contributed by atoms with E-state index < -0.39 is 0 Å². The van der Waals surface area contributed by atoms with E-state index in [9.17, 15) is 4.79 Å². The molecule has 2 N–H and O–H groups in total. The van der Waals surface area contributed by atoms with Gasteiger partial charge in [0, 0.05) is 18.2 Å². The smallest absolute Gasteiger partial charge is 0.319 e. The van der Waals surface area contributed by atoms with Crippen LogP contribution in [0, 0.1) is 0 Å². The number of carbonyl (C=O) groups excluding carboxylic acids is 1. The van der Waals surface area contributed by atoms with Gasteiger partial charge in [-0.2, -0.15) is 0 Å². The Morgan fingerprint density at radius 1 is 1.11 bits per heavy atom. The van der Waals surface area contributed by atoms with Gasteiger partial charge >= 0.3 is 6.03 Å². The predicted molar refractivity (Wildman–Crippen MR) is 105 cm³/mol. The maximum absolute atomic E-state index is 12.3. The standard InChI is InChI=1S/C21H24N2O4/c1-15(20-13-17-7-3-4-9-19(17)27-20)22-21(24)23-18-8-5-6-16(12-18)14-26-11-10-25-2/h3-9,12-13,15H,10-11,14H2,1-2H3,(H2,22,23,24). The number of carbonyl (C=O) groups is 1. The molecule has 0 aliphatic rings. The molecule has 2 amide bonds. The van der Waals surface area contributed by atoms with Crippen LogP contribution in [0.3, 0.4) is 0 Å². The van der Waals surface area contributed by atoms with Crippen molar-refractivity contribution in [2.75, 3.05) is 25.6 Å². The van der Waals surface area contributed by atoms with Gasteiger partial charge in [0.1, 0.15) is 11.3 Å². The van der Waals surface area contributed by atoms with Gasteiger partial charge in [-0.3, -0.25) is 0 Å². The highest BCUT2D eigenvalue weighted by Crippen LogP contribution is 2.23. The number of methoxy groups -OCH3 is 1. The molecular weight excluding hydrogens is 344 g/mol. The molecule has 6 heteroatoms. The molecule has 3 rings (SSSR count). The van der Waals surface area contributed by atoms with Gasteiger partial charge in [0.15, 0.2) is 0 Å². The first kappa shape index (κ1) is 18.9. The first-order valence-corrected chi connectivity index (χ1v) is 8.87. The maximum Gasteiger partial charge on any atom is 0.319 e. The molecule has 3 aromatic rings. The minimum absolute atomic E-state index is 0.252. The van der Waals surface area contributed by atoms with Crippen LogP contribution in [0.4, 0.5) is 10.5 Å². The van der Waals surface area contributed by atoms with Gasteiger partial charge in [-0.05, 0) is 36.8 Å². The maximum atomic E-state index is 12.3. The van der Waals surface area contributed by atoms with Crippen molar-refractivity contribution in [2.24, 2.45) is 0 Å². The number of rotatable bonds is 8. The molecule has 0 aliphatic carbocycles. The Kier molecular flexibility index (Phi) is 6.46. The third-order valence-electron chi connectivity index (χ3n) is 4.10. The Morgan fingerprint density at radius 3 is 2.78 bits per heavy atom. The number of benzene rings is 2. The van der Waals surface area contributed by atoms with Crippen molar-refractivity contribution in [1.29, 1.82) is 0 Å². The molecule has 27 heavy (non-hydrogen) atoms. The molecule has 0 radical (unpaired) electrons. The van der Waals surface area contributed by atoms with Crippen molar-refractivity contribution in [2.45, 2.75) is 19.6 Å². The number of urea groups is 1. The molecule has 1 aromatic heterocycles. The zero-order chi connectivity index (χ0) is 19.1. The minimum atomic E-state index is -0.291. The Balaban J connectivity index is 1.55. The summed E-state index contributed by atoms with van der Waals surface area (Å²) >= 11 is 0. The Labute approximate surface area is 158 Å². The zero-order valence-electron chi connectivity index (χ0n) is 15.5. The third kappa shape index (κ3) is 5.32. The van der Waals surface area contributed by atoms with Crippen LogP contribution >= 0.6 is 0 Å².